The van der Waals surface area contributed by atoms with E-state index in [1.807, 2.05) is 31.2 Å². The zero-order chi connectivity index (χ0) is 20.8. The molecule has 1 saturated heterocycles. The van der Waals surface area contributed by atoms with Gasteiger partial charge in [0.05, 0.1) is 12.3 Å². The minimum Gasteiger partial charge on any atom is -0.492 e. The third kappa shape index (κ3) is 4.88. The van der Waals surface area contributed by atoms with Crippen molar-refractivity contribution in [2.24, 2.45) is 0 Å². The second kappa shape index (κ2) is 9.45. The number of carbonyl (C=O) groups is 2. The molecule has 1 aromatic carbocycles. The van der Waals surface area contributed by atoms with Gasteiger partial charge in [-0.05, 0) is 26.0 Å². The first-order chi connectivity index (χ1) is 14.0. The van der Waals surface area contributed by atoms with E-state index in [9.17, 15) is 9.59 Å². The lowest BCUT2D eigenvalue weighted by atomic mass is 10.2. The maximum absolute atomic E-state index is 12.8. The minimum absolute atomic E-state index is 0.0907. The number of hydrogen-bond acceptors (Lipinski definition) is 6. The Morgan fingerprint density at radius 2 is 1.93 bits per heavy atom. The summed E-state index contributed by atoms with van der Waals surface area (Å²) in [6.07, 6.45) is 1.75. The maximum atomic E-state index is 12.8. The molecule has 1 fully saturated rings. The van der Waals surface area contributed by atoms with E-state index in [-0.39, 0.29) is 23.6 Å². The molecule has 0 radical (unpaired) electrons. The van der Waals surface area contributed by atoms with E-state index in [0.717, 1.165) is 11.4 Å². The molecule has 2 amide bonds. The number of oxazole rings is 1. The third-order valence-electron chi connectivity index (χ3n) is 4.88. The van der Waals surface area contributed by atoms with Gasteiger partial charge in [0, 0.05) is 32.6 Å². The molecule has 1 atom stereocenters. The number of anilines is 1. The van der Waals surface area contributed by atoms with Crippen LogP contribution in [0.15, 0.2) is 34.9 Å². The van der Waals surface area contributed by atoms with Crippen molar-refractivity contribution in [3.8, 4) is 5.75 Å². The quantitative estimate of drug-likeness (QED) is 0.769. The molecule has 0 unspecified atom stereocenters. The topological polar surface area (TPSA) is 87.9 Å². The fraction of sp³-hybridized carbons (Fsp3) is 0.476. The van der Waals surface area contributed by atoms with Gasteiger partial charge in [-0.25, -0.2) is 4.98 Å². The first-order valence-electron chi connectivity index (χ1n) is 10.0. The molecule has 3 rings (SSSR count). The SMILES string of the molecule is CCOc1ccccc1N1CCN(C(=O)c2coc([C@H](C)NC(=O)CC)n2)CC1. The lowest BCUT2D eigenvalue weighted by Gasteiger charge is -2.36. The number of piperazine rings is 1. The summed E-state index contributed by atoms with van der Waals surface area (Å²) >= 11 is 0. The van der Waals surface area contributed by atoms with Crippen molar-refractivity contribution >= 4 is 17.5 Å². The van der Waals surface area contributed by atoms with E-state index in [1.54, 1.807) is 18.7 Å². The average Bonchev–Trinajstić information content (AvgIpc) is 3.24. The van der Waals surface area contributed by atoms with Crippen molar-refractivity contribution in [3.05, 3.63) is 42.1 Å². The molecule has 0 aliphatic carbocycles. The molecular formula is C21H28N4O4. The fourth-order valence-electron chi connectivity index (χ4n) is 3.30. The van der Waals surface area contributed by atoms with E-state index in [2.05, 4.69) is 15.2 Å². The van der Waals surface area contributed by atoms with Gasteiger partial charge in [-0.15, -0.1) is 0 Å². The summed E-state index contributed by atoms with van der Waals surface area (Å²) in [5, 5.41) is 2.78. The Bertz CT molecular complexity index is 843. The highest BCUT2D eigenvalue weighted by atomic mass is 16.5. The van der Waals surface area contributed by atoms with Crippen molar-refractivity contribution < 1.29 is 18.7 Å². The van der Waals surface area contributed by atoms with E-state index in [0.29, 0.717) is 45.1 Å². The Morgan fingerprint density at radius 3 is 2.62 bits per heavy atom. The van der Waals surface area contributed by atoms with Crippen LogP contribution >= 0.6 is 0 Å². The van der Waals surface area contributed by atoms with Crippen LogP contribution in [0.1, 0.15) is 49.6 Å². The number of ether oxygens (including phenoxy) is 1. The van der Waals surface area contributed by atoms with Crippen molar-refractivity contribution in [2.45, 2.75) is 33.2 Å². The van der Waals surface area contributed by atoms with Crippen LogP contribution in [0.3, 0.4) is 0 Å². The van der Waals surface area contributed by atoms with Crippen LogP contribution < -0.4 is 15.0 Å². The molecule has 8 nitrogen and oxygen atoms in total. The zero-order valence-corrected chi connectivity index (χ0v) is 17.2. The first-order valence-corrected chi connectivity index (χ1v) is 10.0. The monoisotopic (exact) mass is 400 g/mol. The van der Waals surface area contributed by atoms with Crippen molar-refractivity contribution in [1.82, 2.24) is 15.2 Å². The largest absolute Gasteiger partial charge is 0.492 e. The van der Waals surface area contributed by atoms with E-state index >= 15 is 0 Å². The second-order valence-corrected chi connectivity index (χ2v) is 6.89. The molecule has 1 aliphatic rings. The lowest BCUT2D eigenvalue weighted by Crippen LogP contribution is -2.49. The molecule has 2 aromatic rings. The number of amides is 2. The number of nitrogens with zero attached hydrogens (tertiary/aromatic N) is 3. The van der Waals surface area contributed by atoms with Gasteiger partial charge in [-0.2, -0.15) is 0 Å². The summed E-state index contributed by atoms with van der Waals surface area (Å²) in [5.41, 5.74) is 1.31. The van der Waals surface area contributed by atoms with Crippen molar-refractivity contribution in [1.29, 1.82) is 0 Å². The number of para-hydroxylation sites is 2. The van der Waals surface area contributed by atoms with Crippen LogP contribution in [-0.4, -0.2) is 54.5 Å². The smallest absolute Gasteiger partial charge is 0.275 e. The number of rotatable bonds is 7. The summed E-state index contributed by atoms with van der Waals surface area (Å²) in [6, 6.07) is 7.57. The highest BCUT2D eigenvalue weighted by Gasteiger charge is 2.26. The zero-order valence-electron chi connectivity index (χ0n) is 17.2. The molecule has 0 saturated carbocycles. The van der Waals surface area contributed by atoms with Gasteiger partial charge < -0.3 is 24.3 Å². The fourth-order valence-corrected chi connectivity index (χ4v) is 3.30. The highest BCUT2D eigenvalue weighted by Crippen LogP contribution is 2.29. The molecule has 0 bridgehead atoms. The molecular weight excluding hydrogens is 372 g/mol. The molecule has 8 heteroatoms. The van der Waals surface area contributed by atoms with Crippen LogP contribution in [0.2, 0.25) is 0 Å². The number of nitrogens with one attached hydrogen (secondary N) is 1. The average molecular weight is 400 g/mol. The number of hydrogen-bond donors (Lipinski definition) is 1. The summed E-state index contributed by atoms with van der Waals surface area (Å²) in [6.45, 7) is 8.73. The number of aromatic nitrogens is 1. The minimum atomic E-state index is -0.379. The maximum Gasteiger partial charge on any atom is 0.275 e. The lowest BCUT2D eigenvalue weighted by molar-refractivity contribution is -0.121. The molecule has 156 valence electrons. The Balaban J connectivity index is 1.60. The Kier molecular flexibility index (Phi) is 6.74. The van der Waals surface area contributed by atoms with Gasteiger partial charge in [0.25, 0.3) is 5.91 Å². The predicted octanol–water partition coefficient (Wildman–Crippen LogP) is 2.62. The van der Waals surface area contributed by atoms with Crippen molar-refractivity contribution in [2.75, 3.05) is 37.7 Å². The summed E-state index contributed by atoms with van der Waals surface area (Å²) in [5.74, 6) is 0.942. The summed E-state index contributed by atoms with van der Waals surface area (Å²) < 4.78 is 11.1. The van der Waals surface area contributed by atoms with E-state index in [1.165, 1.54) is 6.26 Å². The second-order valence-electron chi connectivity index (χ2n) is 6.89. The molecule has 1 aliphatic heterocycles. The number of carbonyl (C=O) groups excluding carboxylic acids is 2. The van der Waals surface area contributed by atoms with Crippen LogP contribution in [-0.2, 0) is 4.79 Å². The Morgan fingerprint density at radius 1 is 1.21 bits per heavy atom. The molecule has 29 heavy (non-hydrogen) atoms. The first kappa shape index (κ1) is 20.7. The van der Waals surface area contributed by atoms with Gasteiger partial charge in [0.15, 0.2) is 5.69 Å². The molecule has 2 heterocycles. The van der Waals surface area contributed by atoms with Gasteiger partial charge in [0.2, 0.25) is 11.8 Å². The highest BCUT2D eigenvalue weighted by molar-refractivity contribution is 5.92. The van der Waals surface area contributed by atoms with E-state index < -0.39 is 0 Å². The Hall–Kier alpha value is -3.03. The van der Waals surface area contributed by atoms with Crippen LogP contribution in [0.4, 0.5) is 5.69 Å². The molecule has 1 aromatic heterocycles. The van der Waals surface area contributed by atoms with Crippen LogP contribution in [0.5, 0.6) is 5.75 Å². The molecule has 1 N–H and O–H groups in total. The van der Waals surface area contributed by atoms with Gasteiger partial charge in [-0.1, -0.05) is 19.1 Å². The third-order valence-corrected chi connectivity index (χ3v) is 4.88. The van der Waals surface area contributed by atoms with Crippen LogP contribution in [0.25, 0.3) is 0 Å². The molecule has 0 spiro atoms. The standard InChI is InChI=1S/C21H28N4O4/c1-4-19(26)22-15(3)20-23-16(14-29-20)21(27)25-12-10-24(11-13-25)17-8-6-7-9-18(17)28-5-2/h6-9,14-15H,4-5,10-13H2,1-3H3,(H,22,26)/t15-/m0/s1. The van der Waals surface area contributed by atoms with Crippen molar-refractivity contribution in [3.63, 3.8) is 0 Å². The van der Waals surface area contributed by atoms with E-state index in [4.69, 9.17) is 9.15 Å². The Labute approximate surface area is 170 Å². The van der Waals surface area contributed by atoms with Gasteiger partial charge in [-0.3, -0.25) is 9.59 Å². The van der Waals surface area contributed by atoms with Gasteiger partial charge in [0.1, 0.15) is 18.1 Å². The van der Waals surface area contributed by atoms with Crippen LogP contribution in [0, 0.1) is 0 Å². The number of benzene rings is 1. The van der Waals surface area contributed by atoms with Gasteiger partial charge >= 0.3 is 0 Å². The predicted molar refractivity (Wildman–Crippen MR) is 109 cm³/mol. The summed E-state index contributed by atoms with van der Waals surface area (Å²) in [4.78, 5) is 32.6. The normalized spacial score (nSPS) is 15.1. The summed E-state index contributed by atoms with van der Waals surface area (Å²) in [7, 11) is 0.